The number of ether oxygens (including phenoxy) is 1. The Kier molecular flexibility index (Phi) is 7.35. The van der Waals surface area contributed by atoms with E-state index in [0.717, 1.165) is 57.1 Å². The van der Waals surface area contributed by atoms with Gasteiger partial charge in [0.25, 0.3) is 0 Å². The van der Waals surface area contributed by atoms with Crippen molar-refractivity contribution in [2.24, 2.45) is 5.92 Å². The number of hydrogen-bond acceptors (Lipinski definition) is 3. The minimum absolute atomic E-state index is 0.113. The van der Waals surface area contributed by atoms with Gasteiger partial charge in [-0.25, -0.2) is 0 Å². The molecule has 1 amide bonds. The maximum atomic E-state index is 12.7. The van der Waals surface area contributed by atoms with Gasteiger partial charge in [-0.05, 0) is 75.2 Å². The van der Waals surface area contributed by atoms with Crippen molar-refractivity contribution in [3.63, 3.8) is 0 Å². The molecule has 3 rings (SSSR count). The molecular weight excluding hydrogens is 372 g/mol. The first kappa shape index (κ1) is 20.7. The van der Waals surface area contributed by atoms with Gasteiger partial charge in [0.05, 0.1) is 5.92 Å². The van der Waals surface area contributed by atoms with E-state index in [4.69, 9.17) is 16.3 Å². The van der Waals surface area contributed by atoms with Crippen molar-refractivity contribution in [2.45, 2.75) is 33.2 Å². The Hall–Kier alpha value is -2.04. The molecule has 1 fully saturated rings. The molecule has 0 bridgehead atoms. The lowest BCUT2D eigenvalue weighted by Gasteiger charge is -2.34. The second-order valence-electron chi connectivity index (χ2n) is 7.29. The molecule has 0 N–H and O–H groups in total. The maximum Gasteiger partial charge on any atom is 0.226 e. The number of nitrogens with zero attached hydrogens (tertiary/aromatic N) is 2. The summed E-state index contributed by atoms with van der Waals surface area (Å²) in [6.45, 7) is 8.37. The van der Waals surface area contributed by atoms with E-state index in [-0.39, 0.29) is 5.92 Å². The van der Waals surface area contributed by atoms with Crippen LogP contribution < -0.4 is 4.74 Å². The Labute approximate surface area is 173 Å². The van der Waals surface area contributed by atoms with Crippen LogP contribution in [0, 0.1) is 5.92 Å². The highest BCUT2D eigenvalue weighted by atomic mass is 35.5. The predicted octanol–water partition coefficient (Wildman–Crippen LogP) is 5.21. The molecule has 2 aromatic carbocycles. The van der Waals surface area contributed by atoms with E-state index >= 15 is 0 Å². The van der Waals surface area contributed by atoms with Crippen LogP contribution >= 0.6 is 11.6 Å². The zero-order valence-electron chi connectivity index (χ0n) is 16.7. The van der Waals surface area contributed by atoms with Crippen LogP contribution in [0.4, 0.5) is 0 Å². The fourth-order valence-electron chi connectivity index (χ4n) is 3.80. The summed E-state index contributed by atoms with van der Waals surface area (Å²) in [6, 6.07) is 15.5. The monoisotopic (exact) mass is 400 g/mol. The summed E-state index contributed by atoms with van der Waals surface area (Å²) in [5, 5.41) is 0.694. The summed E-state index contributed by atoms with van der Waals surface area (Å²) in [5.41, 5.74) is 1.20. The number of benzene rings is 2. The fourth-order valence-corrected chi connectivity index (χ4v) is 3.92. The molecule has 5 heteroatoms. The fraction of sp³-hybridized carbons (Fsp3) is 0.435. The van der Waals surface area contributed by atoms with E-state index in [9.17, 15) is 4.79 Å². The summed E-state index contributed by atoms with van der Waals surface area (Å²) >= 11 is 5.93. The number of rotatable bonds is 7. The molecule has 0 aromatic heterocycles. The standard InChI is InChI=1S/C23H29ClN2O2/c1-3-26(4-2)23(27)19-8-6-14-25(17-19)16-18-7-5-9-22(15-18)28-21-12-10-20(24)11-13-21/h5,7,9-13,15,19H,3-4,6,8,14,16-17H2,1-2H3/t19-/m1/s1. The van der Waals surface area contributed by atoms with Crippen LogP contribution in [0.25, 0.3) is 0 Å². The second-order valence-corrected chi connectivity index (χ2v) is 7.72. The first-order chi connectivity index (χ1) is 13.6. The van der Waals surface area contributed by atoms with Gasteiger partial charge in [-0.3, -0.25) is 9.69 Å². The van der Waals surface area contributed by atoms with Crippen molar-refractivity contribution >= 4 is 17.5 Å². The third-order valence-electron chi connectivity index (χ3n) is 5.28. The highest BCUT2D eigenvalue weighted by molar-refractivity contribution is 6.30. The lowest BCUT2D eigenvalue weighted by atomic mass is 9.96. The van der Waals surface area contributed by atoms with Crippen LogP contribution in [0.2, 0.25) is 5.02 Å². The largest absolute Gasteiger partial charge is 0.457 e. The highest BCUT2D eigenvalue weighted by Crippen LogP contribution is 2.25. The van der Waals surface area contributed by atoms with Gasteiger partial charge in [-0.1, -0.05) is 23.7 Å². The topological polar surface area (TPSA) is 32.8 Å². The molecule has 1 aliphatic rings. The molecule has 2 aromatic rings. The lowest BCUT2D eigenvalue weighted by Crippen LogP contribution is -2.44. The number of halogens is 1. The number of carbonyl (C=O) groups is 1. The summed E-state index contributed by atoms with van der Waals surface area (Å²) < 4.78 is 5.95. The average Bonchev–Trinajstić information content (AvgIpc) is 2.71. The molecule has 28 heavy (non-hydrogen) atoms. The molecule has 0 radical (unpaired) electrons. The van der Waals surface area contributed by atoms with Crippen molar-refractivity contribution in [3.05, 3.63) is 59.1 Å². The van der Waals surface area contributed by atoms with Gasteiger partial charge in [0.1, 0.15) is 11.5 Å². The zero-order chi connectivity index (χ0) is 19.9. The summed E-state index contributed by atoms with van der Waals surface area (Å²) in [6.07, 6.45) is 2.06. The van der Waals surface area contributed by atoms with E-state index in [2.05, 4.69) is 17.0 Å². The van der Waals surface area contributed by atoms with E-state index in [1.807, 2.05) is 55.1 Å². The van der Waals surface area contributed by atoms with Crippen molar-refractivity contribution < 1.29 is 9.53 Å². The Morgan fingerprint density at radius 3 is 2.61 bits per heavy atom. The molecule has 1 aliphatic heterocycles. The summed E-state index contributed by atoms with van der Waals surface area (Å²) in [4.78, 5) is 17.0. The Morgan fingerprint density at radius 2 is 1.89 bits per heavy atom. The van der Waals surface area contributed by atoms with Gasteiger partial charge >= 0.3 is 0 Å². The van der Waals surface area contributed by atoms with Crippen molar-refractivity contribution in [3.8, 4) is 11.5 Å². The smallest absolute Gasteiger partial charge is 0.226 e. The molecule has 0 aliphatic carbocycles. The number of likely N-dealkylation sites (tertiary alicyclic amines) is 1. The molecule has 0 unspecified atom stereocenters. The molecule has 1 atom stereocenters. The van der Waals surface area contributed by atoms with Gasteiger partial charge in [0.2, 0.25) is 5.91 Å². The minimum atomic E-state index is 0.113. The van der Waals surface area contributed by atoms with Crippen LogP contribution in [0.15, 0.2) is 48.5 Å². The van der Waals surface area contributed by atoms with E-state index < -0.39 is 0 Å². The molecule has 150 valence electrons. The molecule has 0 spiro atoms. The minimum Gasteiger partial charge on any atom is -0.457 e. The number of hydrogen-bond donors (Lipinski definition) is 0. The Balaban J connectivity index is 1.61. The van der Waals surface area contributed by atoms with Crippen molar-refractivity contribution in [1.82, 2.24) is 9.80 Å². The number of amides is 1. The second kappa shape index (κ2) is 9.94. The van der Waals surface area contributed by atoms with Gasteiger partial charge in [-0.2, -0.15) is 0 Å². The molecule has 1 saturated heterocycles. The Bertz CT molecular complexity index is 774. The molecule has 0 saturated carbocycles. The van der Waals surface area contributed by atoms with Gasteiger partial charge in [0, 0.05) is 31.2 Å². The first-order valence-corrected chi connectivity index (χ1v) is 10.5. The van der Waals surface area contributed by atoms with Crippen LogP contribution in [-0.4, -0.2) is 41.9 Å². The van der Waals surface area contributed by atoms with Crippen molar-refractivity contribution in [1.29, 1.82) is 0 Å². The van der Waals surface area contributed by atoms with Crippen molar-refractivity contribution in [2.75, 3.05) is 26.2 Å². The lowest BCUT2D eigenvalue weighted by molar-refractivity contribution is -0.137. The molecular formula is C23H29ClN2O2. The highest BCUT2D eigenvalue weighted by Gasteiger charge is 2.28. The van der Waals surface area contributed by atoms with E-state index in [1.165, 1.54) is 5.56 Å². The summed E-state index contributed by atoms with van der Waals surface area (Å²) in [5.74, 6) is 1.99. The van der Waals surface area contributed by atoms with Crippen LogP contribution in [0.1, 0.15) is 32.3 Å². The van der Waals surface area contributed by atoms with Gasteiger partial charge < -0.3 is 9.64 Å². The van der Waals surface area contributed by atoms with Gasteiger partial charge in [0.15, 0.2) is 0 Å². The van der Waals surface area contributed by atoms with E-state index in [0.29, 0.717) is 10.9 Å². The average molecular weight is 401 g/mol. The predicted molar refractivity (Wildman–Crippen MR) is 114 cm³/mol. The van der Waals surface area contributed by atoms with Gasteiger partial charge in [-0.15, -0.1) is 0 Å². The summed E-state index contributed by atoms with van der Waals surface area (Å²) in [7, 11) is 0. The molecule has 4 nitrogen and oxygen atoms in total. The third kappa shape index (κ3) is 5.49. The Morgan fingerprint density at radius 1 is 1.14 bits per heavy atom. The molecule has 1 heterocycles. The first-order valence-electron chi connectivity index (χ1n) is 10.1. The normalized spacial score (nSPS) is 17.3. The zero-order valence-corrected chi connectivity index (χ0v) is 17.5. The SMILES string of the molecule is CCN(CC)C(=O)[C@@H]1CCCN(Cc2cccc(Oc3ccc(Cl)cc3)c2)C1. The van der Waals surface area contributed by atoms with Crippen LogP contribution in [0.3, 0.4) is 0 Å². The van der Waals surface area contributed by atoms with Crippen LogP contribution in [-0.2, 0) is 11.3 Å². The van der Waals surface area contributed by atoms with E-state index in [1.54, 1.807) is 0 Å². The quantitative estimate of drug-likeness (QED) is 0.639. The number of carbonyl (C=O) groups excluding carboxylic acids is 1. The van der Waals surface area contributed by atoms with Crippen LogP contribution in [0.5, 0.6) is 11.5 Å². The number of piperidine rings is 1. The third-order valence-corrected chi connectivity index (χ3v) is 5.54. The maximum absolute atomic E-state index is 12.7.